The molecular formula is C15H22ClN3O2S. The van der Waals surface area contributed by atoms with Crippen LogP contribution in [0.3, 0.4) is 0 Å². The fraction of sp³-hybridized carbons (Fsp3) is 0.667. The van der Waals surface area contributed by atoms with Gasteiger partial charge in [-0.15, -0.1) is 12.4 Å². The van der Waals surface area contributed by atoms with E-state index in [0.717, 1.165) is 42.8 Å². The van der Waals surface area contributed by atoms with E-state index in [0.29, 0.717) is 11.6 Å². The van der Waals surface area contributed by atoms with Crippen molar-refractivity contribution in [3.05, 3.63) is 10.6 Å². The topological polar surface area (TPSA) is 71.1 Å². The van der Waals surface area contributed by atoms with Crippen LogP contribution in [0.2, 0.25) is 0 Å². The Morgan fingerprint density at radius 3 is 2.82 bits per heavy atom. The largest absolute Gasteiger partial charge is 0.306 e. The third kappa shape index (κ3) is 3.67. The van der Waals surface area contributed by atoms with Crippen molar-refractivity contribution in [2.45, 2.75) is 52.0 Å². The van der Waals surface area contributed by atoms with Gasteiger partial charge in [-0.2, -0.15) is 0 Å². The van der Waals surface area contributed by atoms with Gasteiger partial charge < -0.3 is 10.6 Å². The van der Waals surface area contributed by atoms with Crippen LogP contribution in [0.15, 0.2) is 0 Å². The number of carbonyl (C=O) groups is 2. The SMILES string of the molecule is CC1(C)CC(=O)c2sc(NC(=O)C3CCCCN3)nc2C1.Cl. The van der Waals surface area contributed by atoms with Gasteiger partial charge in [0.1, 0.15) is 0 Å². The Morgan fingerprint density at radius 2 is 2.14 bits per heavy atom. The second-order valence-electron chi connectivity index (χ2n) is 6.73. The average molecular weight is 344 g/mol. The maximum atomic E-state index is 12.2. The molecule has 122 valence electrons. The van der Waals surface area contributed by atoms with Gasteiger partial charge in [-0.05, 0) is 31.2 Å². The van der Waals surface area contributed by atoms with Gasteiger partial charge in [0.25, 0.3) is 0 Å². The number of amides is 1. The fourth-order valence-electron chi connectivity index (χ4n) is 3.04. The summed E-state index contributed by atoms with van der Waals surface area (Å²) in [5.41, 5.74) is 0.804. The number of aromatic nitrogens is 1. The second kappa shape index (κ2) is 6.64. The number of piperidine rings is 1. The van der Waals surface area contributed by atoms with Crippen molar-refractivity contribution >= 4 is 40.6 Å². The molecular weight excluding hydrogens is 322 g/mol. The van der Waals surface area contributed by atoms with E-state index in [1.807, 2.05) is 0 Å². The quantitative estimate of drug-likeness (QED) is 0.866. The van der Waals surface area contributed by atoms with Crippen LogP contribution in [0.5, 0.6) is 0 Å². The highest BCUT2D eigenvalue weighted by Gasteiger charge is 2.34. The highest BCUT2D eigenvalue weighted by Crippen LogP contribution is 2.38. The third-order valence-corrected chi connectivity index (χ3v) is 5.15. The molecule has 1 aromatic rings. The number of carbonyl (C=O) groups excluding carboxylic acids is 2. The summed E-state index contributed by atoms with van der Waals surface area (Å²) >= 11 is 1.32. The molecule has 0 saturated carbocycles. The Hall–Kier alpha value is -0.980. The minimum absolute atomic E-state index is 0. The molecule has 1 amide bonds. The van der Waals surface area contributed by atoms with Crippen LogP contribution < -0.4 is 10.6 Å². The summed E-state index contributed by atoms with van der Waals surface area (Å²) in [7, 11) is 0. The molecule has 1 unspecified atom stereocenters. The molecule has 1 aliphatic heterocycles. The first-order valence-corrected chi connectivity index (χ1v) is 8.33. The average Bonchev–Trinajstić information content (AvgIpc) is 2.81. The highest BCUT2D eigenvalue weighted by atomic mass is 35.5. The lowest BCUT2D eigenvalue weighted by Gasteiger charge is -2.26. The molecule has 22 heavy (non-hydrogen) atoms. The molecule has 1 aromatic heterocycles. The summed E-state index contributed by atoms with van der Waals surface area (Å²) < 4.78 is 0. The van der Waals surface area contributed by atoms with E-state index in [1.165, 1.54) is 11.3 Å². The van der Waals surface area contributed by atoms with Crippen molar-refractivity contribution in [3.8, 4) is 0 Å². The van der Waals surface area contributed by atoms with Gasteiger partial charge in [0.15, 0.2) is 10.9 Å². The molecule has 2 aliphatic rings. The van der Waals surface area contributed by atoms with Crippen molar-refractivity contribution in [1.29, 1.82) is 0 Å². The van der Waals surface area contributed by atoms with Gasteiger partial charge in [-0.25, -0.2) is 4.98 Å². The number of rotatable bonds is 2. The first-order chi connectivity index (χ1) is 9.94. The van der Waals surface area contributed by atoms with E-state index in [9.17, 15) is 9.59 Å². The van der Waals surface area contributed by atoms with Gasteiger partial charge in [-0.3, -0.25) is 9.59 Å². The number of ketones is 1. The third-order valence-electron chi connectivity index (χ3n) is 4.09. The molecule has 1 fully saturated rings. The van der Waals surface area contributed by atoms with Crippen molar-refractivity contribution in [2.75, 3.05) is 11.9 Å². The molecule has 5 nitrogen and oxygen atoms in total. The molecule has 0 radical (unpaired) electrons. The van der Waals surface area contributed by atoms with Crippen molar-refractivity contribution in [2.24, 2.45) is 5.41 Å². The smallest absolute Gasteiger partial charge is 0.243 e. The zero-order valence-corrected chi connectivity index (χ0v) is 14.5. The van der Waals surface area contributed by atoms with Crippen LogP contribution in [-0.4, -0.2) is 29.3 Å². The van der Waals surface area contributed by atoms with Crippen LogP contribution >= 0.6 is 23.7 Å². The Bertz CT molecular complexity index is 579. The van der Waals surface area contributed by atoms with Gasteiger partial charge in [-0.1, -0.05) is 31.6 Å². The summed E-state index contributed by atoms with van der Waals surface area (Å²) in [6, 6.07) is -0.133. The minimum Gasteiger partial charge on any atom is -0.306 e. The van der Waals surface area contributed by atoms with Crippen LogP contribution in [-0.2, 0) is 11.2 Å². The minimum atomic E-state index is -0.133. The molecule has 2 N–H and O–H groups in total. The number of halogens is 1. The zero-order chi connectivity index (χ0) is 15.0. The molecule has 2 heterocycles. The van der Waals surface area contributed by atoms with Crippen molar-refractivity contribution in [1.82, 2.24) is 10.3 Å². The molecule has 3 rings (SSSR count). The fourth-order valence-corrected chi connectivity index (χ4v) is 3.96. The molecule has 1 saturated heterocycles. The standard InChI is InChI=1S/C15H21N3O2S.ClH/c1-15(2)7-10-12(11(19)8-15)21-14(17-10)18-13(20)9-5-3-4-6-16-9;/h9,16H,3-8H2,1-2H3,(H,17,18,20);1H. The van der Waals surface area contributed by atoms with Crippen LogP contribution in [0.25, 0.3) is 0 Å². The maximum absolute atomic E-state index is 12.2. The number of hydrogen-bond acceptors (Lipinski definition) is 5. The van der Waals surface area contributed by atoms with Gasteiger partial charge in [0.05, 0.1) is 16.6 Å². The summed E-state index contributed by atoms with van der Waals surface area (Å²) in [5.74, 6) is 0.113. The lowest BCUT2D eigenvalue weighted by atomic mass is 9.78. The summed E-state index contributed by atoms with van der Waals surface area (Å²) in [4.78, 5) is 29.5. The molecule has 0 aromatic carbocycles. The first kappa shape index (κ1) is 17.4. The van der Waals surface area contributed by atoms with Crippen molar-refractivity contribution < 1.29 is 9.59 Å². The molecule has 0 spiro atoms. The predicted octanol–water partition coefficient (Wildman–Crippen LogP) is 2.80. The summed E-state index contributed by atoms with van der Waals surface area (Å²) in [6.07, 6.45) is 4.41. The Balaban J connectivity index is 0.00000176. The highest BCUT2D eigenvalue weighted by molar-refractivity contribution is 7.17. The summed E-state index contributed by atoms with van der Waals surface area (Å²) in [6.45, 7) is 5.05. The number of hydrogen-bond donors (Lipinski definition) is 2. The molecule has 7 heteroatoms. The van der Waals surface area contributed by atoms with Crippen LogP contribution in [0.4, 0.5) is 5.13 Å². The Morgan fingerprint density at radius 1 is 1.36 bits per heavy atom. The van der Waals surface area contributed by atoms with E-state index >= 15 is 0 Å². The van der Waals surface area contributed by atoms with E-state index in [-0.39, 0.29) is 35.6 Å². The molecule has 1 aliphatic carbocycles. The Labute approximate surface area is 140 Å². The second-order valence-corrected chi connectivity index (χ2v) is 7.73. The monoisotopic (exact) mass is 343 g/mol. The molecule has 1 atom stereocenters. The number of nitrogens with one attached hydrogen (secondary N) is 2. The van der Waals surface area contributed by atoms with Crippen molar-refractivity contribution in [3.63, 3.8) is 0 Å². The summed E-state index contributed by atoms with van der Waals surface area (Å²) in [5, 5.41) is 6.65. The van der Waals surface area contributed by atoms with Gasteiger partial charge in [0.2, 0.25) is 5.91 Å². The zero-order valence-electron chi connectivity index (χ0n) is 12.9. The van der Waals surface area contributed by atoms with Gasteiger partial charge in [0, 0.05) is 6.42 Å². The van der Waals surface area contributed by atoms with E-state index in [1.54, 1.807) is 0 Å². The van der Waals surface area contributed by atoms with Crippen LogP contribution in [0.1, 0.15) is 54.9 Å². The van der Waals surface area contributed by atoms with E-state index in [2.05, 4.69) is 29.5 Å². The number of nitrogens with zero attached hydrogens (tertiary/aromatic N) is 1. The number of fused-ring (bicyclic) bond motifs is 1. The maximum Gasteiger partial charge on any atom is 0.243 e. The first-order valence-electron chi connectivity index (χ1n) is 7.52. The molecule has 0 bridgehead atoms. The Kier molecular flexibility index (Phi) is 5.25. The van der Waals surface area contributed by atoms with Gasteiger partial charge >= 0.3 is 0 Å². The predicted molar refractivity (Wildman–Crippen MR) is 90.1 cm³/mol. The number of thiazole rings is 1. The lowest BCUT2D eigenvalue weighted by molar-refractivity contribution is -0.118. The van der Waals surface area contributed by atoms with E-state index < -0.39 is 0 Å². The number of anilines is 1. The lowest BCUT2D eigenvalue weighted by Crippen LogP contribution is -2.43. The normalized spacial score (nSPS) is 23.4. The van der Waals surface area contributed by atoms with E-state index in [4.69, 9.17) is 0 Å². The van der Waals surface area contributed by atoms with Crippen LogP contribution in [0, 0.1) is 5.41 Å². The number of Topliss-reactive ketones (excluding diaryl/α,β-unsaturated/α-hetero) is 1.